The Kier molecular flexibility index (Phi) is 5.33. The number of hydrogen-bond donors (Lipinski definition) is 1. The SMILES string of the molecule is COC(=O)c1cc2c(Oc3ccc(N4CCNC4=O)c(Cl)c3)ccnc2cc1OC. The first-order chi connectivity index (χ1) is 14.5. The Bertz CT molecular complexity index is 1150. The lowest BCUT2D eigenvalue weighted by Gasteiger charge is -2.17. The molecule has 1 aromatic heterocycles. The largest absolute Gasteiger partial charge is 0.496 e. The van der Waals surface area contributed by atoms with Crippen LogP contribution in [0.5, 0.6) is 17.2 Å². The molecule has 2 amide bonds. The van der Waals surface area contributed by atoms with Crippen LogP contribution in [0.4, 0.5) is 10.5 Å². The predicted molar refractivity (Wildman–Crippen MR) is 112 cm³/mol. The third-order valence-corrected chi connectivity index (χ3v) is 5.03. The number of carbonyl (C=O) groups is 2. The molecule has 3 aromatic rings. The van der Waals surface area contributed by atoms with Crippen molar-refractivity contribution in [2.24, 2.45) is 0 Å². The molecule has 1 aliphatic rings. The van der Waals surface area contributed by atoms with Crippen LogP contribution in [-0.2, 0) is 4.74 Å². The molecule has 0 saturated carbocycles. The molecule has 0 atom stereocenters. The van der Waals surface area contributed by atoms with E-state index in [-0.39, 0.29) is 11.6 Å². The summed E-state index contributed by atoms with van der Waals surface area (Å²) < 4.78 is 16.1. The van der Waals surface area contributed by atoms with Crippen molar-refractivity contribution in [1.29, 1.82) is 0 Å². The molecule has 1 saturated heterocycles. The maximum absolute atomic E-state index is 12.1. The number of benzene rings is 2. The number of amides is 2. The van der Waals surface area contributed by atoms with E-state index >= 15 is 0 Å². The third-order valence-electron chi connectivity index (χ3n) is 4.72. The third kappa shape index (κ3) is 3.57. The van der Waals surface area contributed by atoms with Crippen LogP contribution in [0.25, 0.3) is 10.9 Å². The fraction of sp³-hybridized carbons (Fsp3) is 0.190. The number of carbonyl (C=O) groups excluding carboxylic acids is 2. The van der Waals surface area contributed by atoms with Crippen molar-refractivity contribution in [3.8, 4) is 17.2 Å². The molecule has 0 radical (unpaired) electrons. The Morgan fingerprint density at radius 3 is 2.67 bits per heavy atom. The number of halogens is 1. The molecular formula is C21H18ClN3O5. The summed E-state index contributed by atoms with van der Waals surface area (Å²) >= 11 is 6.39. The van der Waals surface area contributed by atoms with E-state index in [9.17, 15) is 9.59 Å². The van der Waals surface area contributed by atoms with Crippen molar-refractivity contribution in [1.82, 2.24) is 10.3 Å². The van der Waals surface area contributed by atoms with E-state index in [2.05, 4.69) is 10.3 Å². The van der Waals surface area contributed by atoms with Gasteiger partial charge in [-0.25, -0.2) is 9.59 Å². The lowest BCUT2D eigenvalue weighted by molar-refractivity contribution is 0.0597. The van der Waals surface area contributed by atoms with Gasteiger partial charge in [-0.3, -0.25) is 9.88 Å². The minimum absolute atomic E-state index is 0.185. The average Bonchev–Trinajstić information content (AvgIpc) is 3.18. The van der Waals surface area contributed by atoms with Gasteiger partial charge in [0.2, 0.25) is 0 Å². The van der Waals surface area contributed by atoms with E-state index in [1.165, 1.54) is 14.2 Å². The van der Waals surface area contributed by atoms with Gasteiger partial charge >= 0.3 is 12.0 Å². The minimum atomic E-state index is -0.528. The second-order valence-electron chi connectivity index (χ2n) is 6.47. The van der Waals surface area contributed by atoms with E-state index < -0.39 is 5.97 Å². The molecule has 4 rings (SSSR count). The summed E-state index contributed by atoms with van der Waals surface area (Å²) in [6.45, 7) is 1.12. The molecule has 0 unspecified atom stereocenters. The van der Waals surface area contributed by atoms with Gasteiger partial charge in [0.05, 0.1) is 30.4 Å². The number of methoxy groups -OCH3 is 2. The summed E-state index contributed by atoms with van der Waals surface area (Å²) in [6.07, 6.45) is 1.60. The first-order valence-corrected chi connectivity index (χ1v) is 9.47. The molecule has 1 fully saturated rings. The van der Waals surface area contributed by atoms with Crippen molar-refractivity contribution >= 4 is 40.2 Å². The summed E-state index contributed by atoms with van der Waals surface area (Å²) in [7, 11) is 2.77. The number of fused-ring (bicyclic) bond motifs is 1. The summed E-state index contributed by atoms with van der Waals surface area (Å²) in [5, 5.41) is 3.74. The maximum atomic E-state index is 12.1. The second-order valence-corrected chi connectivity index (χ2v) is 6.88. The molecule has 1 N–H and O–H groups in total. The van der Waals surface area contributed by atoms with Gasteiger partial charge in [-0.05, 0) is 24.3 Å². The van der Waals surface area contributed by atoms with Crippen molar-refractivity contribution < 1.29 is 23.8 Å². The highest BCUT2D eigenvalue weighted by Crippen LogP contribution is 2.36. The van der Waals surface area contributed by atoms with Crippen LogP contribution in [-0.4, -0.2) is 44.3 Å². The fourth-order valence-corrected chi connectivity index (χ4v) is 3.55. The Balaban J connectivity index is 1.71. The average molecular weight is 428 g/mol. The molecule has 0 spiro atoms. The zero-order valence-electron chi connectivity index (χ0n) is 16.3. The molecule has 2 aromatic carbocycles. The first kappa shape index (κ1) is 19.8. The number of rotatable bonds is 5. The number of pyridine rings is 1. The first-order valence-electron chi connectivity index (χ1n) is 9.09. The number of ether oxygens (including phenoxy) is 3. The van der Waals surface area contributed by atoms with Crippen molar-refractivity contribution in [2.75, 3.05) is 32.2 Å². The maximum Gasteiger partial charge on any atom is 0.341 e. The molecule has 1 aliphatic heterocycles. The highest BCUT2D eigenvalue weighted by Gasteiger charge is 2.23. The van der Waals surface area contributed by atoms with Crippen LogP contribution >= 0.6 is 11.6 Å². The zero-order valence-corrected chi connectivity index (χ0v) is 17.0. The molecule has 0 aliphatic carbocycles. The summed E-state index contributed by atoms with van der Waals surface area (Å²) in [5.74, 6) is 0.789. The monoisotopic (exact) mass is 427 g/mol. The van der Waals surface area contributed by atoms with Gasteiger partial charge in [-0.1, -0.05) is 11.6 Å². The van der Waals surface area contributed by atoms with Crippen LogP contribution < -0.4 is 19.7 Å². The Hall–Kier alpha value is -3.52. The highest BCUT2D eigenvalue weighted by molar-refractivity contribution is 6.34. The van der Waals surface area contributed by atoms with E-state index in [1.807, 2.05) is 0 Å². The molecule has 154 valence electrons. The van der Waals surface area contributed by atoms with Crippen molar-refractivity contribution in [3.63, 3.8) is 0 Å². The predicted octanol–water partition coefficient (Wildman–Crippen LogP) is 4.01. The fourth-order valence-electron chi connectivity index (χ4n) is 3.27. The Morgan fingerprint density at radius 1 is 1.17 bits per heavy atom. The van der Waals surface area contributed by atoms with Crippen LogP contribution in [0.1, 0.15) is 10.4 Å². The van der Waals surface area contributed by atoms with E-state index in [4.69, 9.17) is 25.8 Å². The number of anilines is 1. The number of aromatic nitrogens is 1. The second kappa shape index (κ2) is 8.08. The van der Waals surface area contributed by atoms with Gasteiger partial charge in [0.25, 0.3) is 0 Å². The number of esters is 1. The van der Waals surface area contributed by atoms with Gasteiger partial charge in [0, 0.05) is 36.8 Å². The van der Waals surface area contributed by atoms with E-state index in [0.29, 0.717) is 52.0 Å². The lowest BCUT2D eigenvalue weighted by Crippen LogP contribution is -2.27. The molecule has 30 heavy (non-hydrogen) atoms. The molecular weight excluding hydrogens is 410 g/mol. The standard InChI is InChI=1S/C21H18ClN3O5/c1-28-19-11-16-13(10-14(19)20(26)29-2)18(5-6-23-16)30-12-3-4-17(15(22)9-12)25-8-7-24-21(25)27/h3-6,9-11H,7-8H2,1-2H3,(H,24,27). The molecule has 0 bridgehead atoms. The smallest absolute Gasteiger partial charge is 0.341 e. The summed E-state index contributed by atoms with van der Waals surface area (Å²) in [5.41, 5.74) is 1.46. The summed E-state index contributed by atoms with van der Waals surface area (Å²) in [6, 6.07) is 9.86. The number of urea groups is 1. The topological polar surface area (TPSA) is 90.0 Å². The Morgan fingerprint density at radius 2 is 2.00 bits per heavy atom. The number of hydrogen-bond acceptors (Lipinski definition) is 6. The molecule has 9 heteroatoms. The minimum Gasteiger partial charge on any atom is -0.496 e. The highest BCUT2D eigenvalue weighted by atomic mass is 35.5. The molecule has 8 nitrogen and oxygen atoms in total. The number of nitrogens with one attached hydrogen (secondary N) is 1. The zero-order chi connectivity index (χ0) is 21.3. The lowest BCUT2D eigenvalue weighted by atomic mass is 10.1. The Labute approximate surface area is 177 Å². The van der Waals surface area contributed by atoms with Crippen molar-refractivity contribution in [3.05, 3.63) is 53.2 Å². The van der Waals surface area contributed by atoms with Crippen molar-refractivity contribution in [2.45, 2.75) is 0 Å². The van der Waals surface area contributed by atoms with Crippen LogP contribution in [0.2, 0.25) is 5.02 Å². The van der Waals surface area contributed by atoms with Gasteiger partial charge in [-0.15, -0.1) is 0 Å². The normalized spacial score (nSPS) is 13.3. The van der Waals surface area contributed by atoms with Gasteiger partial charge in [0.15, 0.2) is 0 Å². The van der Waals surface area contributed by atoms with Gasteiger partial charge in [-0.2, -0.15) is 0 Å². The molecule has 2 heterocycles. The summed E-state index contributed by atoms with van der Waals surface area (Å²) in [4.78, 5) is 29.9. The van der Waals surface area contributed by atoms with E-state index in [0.717, 1.165) is 0 Å². The van der Waals surface area contributed by atoms with E-state index in [1.54, 1.807) is 47.5 Å². The van der Waals surface area contributed by atoms with Crippen LogP contribution in [0.15, 0.2) is 42.6 Å². The quantitative estimate of drug-likeness (QED) is 0.619. The van der Waals surface area contributed by atoms with Gasteiger partial charge < -0.3 is 19.5 Å². The van der Waals surface area contributed by atoms with Crippen LogP contribution in [0.3, 0.4) is 0 Å². The van der Waals surface area contributed by atoms with Gasteiger partial charge in [0.1, 0.15) is 22.8 Å². The van der Waals surface area contributed by atoms with Crippen LogP contribution in [0, 0.1) is 0 Å². The number of nitrogens with zero attached hydrogens (tertiary/aromatic N) is 2.